The predicted molar refractivity (Wildman–Crippen MR) is 77.3 cm³/mol. The van der Waals surface area contributed by atoms with Crippen molar-refractivity contribution < 1.29 is 4.74 Å². The summed E-state index contributed by atoms with van der Waals surface area (Å²) in [6.45, 7) is 9.79. The first-order valence-electron chi connectivity index (χ1n) is 6.59. The Hall–Kier alpha value is -1.34. The molecule has 1 saturated carbocycles. The number of hydrogen-bond donors (Lipinski definition) is 0. The standard InChI is InChI=1S/C17H22O/c1-4-10-18-13-16-12-15(17(16,2)3)11-14-8-6-5-7-9-14/h4-9,11,16H,1,10,12-13H2,2-3H3. The normalized spacial score (nSPS) is 23.7. The molecule has 1 heteroatoms. The average molecular weight is 242 g/mol. The Morgan fingerprint density at radius 1 is 1.33 bits per heavy atom. The highest BCUT2D eigenvalue weighted by Gasteiger charge is 2.42. The monoisotopic (exact) mass is 242 g/mol. The topological polar surface area (TPSA) is 9.23 Å². The number of allylic oxidation sites excluding steroid dienone is 1. The molecule has 1 nitrogen and oxygen atoms in total. The van der Waals surface area contributed by atoms with Crippen LogP contribution in [0, 0.1) is 11.3 Å². The second-order valence-corrected chi connectivity index (χ2v) is 5.53. The minimum atomic E-state index is 0.261. The largest absolute Gasteiger partial charge is 0.377 e. The van der Waals surface area contributed by atoms with Crippen LogP contribution in [0.4, 0.5) is 0 Å². The lowest BCUT2D eigenvalue weighted by atomic mass is 9.58. The molecular formula is C17H22O. The van der Waals surface area contributed by atoms with Gasteiger partial charge in [0, 0.05) is 0 Å². The minimum Gasteiger partial charge on any atom is -0.377 e. The summed E-state index contributed by atoms with van der Waals surface area (Å²) in [5, 5.41) is 0. The van der Waals surface area contributed by atoms with E-state index in [9.17, 15) is 0 Å². The van der Waals surface area contributed by atoms with Gasteiger partial charge in [0.05, 0.1) is 13.2 Å². The Morgan fingerprint density at radius 2 is 2.06 bits per heavy atom. The van der Waals surface area contributed by atoms with Gasteiger partial charge in [-0.25, -0.2) is 0 Å². The molecule has 0 N–H and O–H groups in total. The van der Waals surface area contributed by atoms with Crippen molar-refractivity contribution in [1.82, 2.24) is 0 Å². The van der Waals surface area contributed by atoms with Crippen LogP contribution in [0.15, 0.2) is 48.6 Å². The summed E-state index contributed by atoms with van der Waals surface area (Å²) in [5.41, 5.74) is 3.09. The number of rotatable bonds is 5. The lowest BCUT2D eigenvalue weighted by molar-refractivity contribution is 0.0411. The SMILES string of the molecule is C=CCOCC1CC(=Cc2ccccc2)C1(C)C. The zero-order valence-corrected chi connectivity index (χ0v) is 11.4. The van der Waals surface area contributed by atoms with Crippen LogP contribution in [0.3, 0.4) is 0 Å². The van der Waals surface area contributed by atoms with Gasteiger partial charge in [0.25, 0.3) is 0 Å². The van der Waals surface area contributed by atoms with E-state index in [1.807, 2.05) is 6.08 Å². The van der Waals surface area contributed by atoms with Crippen LogP contribution in [0.25, 0.3) is 6.08 Å². The molecule has 0 saturated heterocycles. The molecule has 1 atom stereocenters. The van der Waals surface area contributed by atoms with Gasteiger partial charge in [-0.1, -0.05) is 61.9 Å². The maximum atomic E-state index is 5.58. The second kappa shape index (κ2) is 5.53. The lowest BCUT2D eigenvalue weighted by Gasteiger charge is -2.47. The van der Waals surface area contributed by atoms with E-state index in [2.05, 4.69) is 56.8 Å². The van der Waals surface area contributed by atoms with Gasteiger partial charge >= 0.3 is 0 Å². The molecule has 18 heavy (non-hydrogen) atoms. The highest BCUT2D eigenvalue weighted by atomic mass is 16.5. The zero-order valence-electron chi connectivity index (χ0n) is 11.4. The Balaban J connectivity index is 1.98. The van der Waals surface area contributed by atoms with E-state index in [-0.39, 0.29) is 5.41 Å². The summed E-state index contributed by atoms with van der Waals surface area (Å²) >= 11 is 0. The van der Waals surface area contributed by atoms with Crippen LogP contribution in [0.2, 0.25) is 0 Å². The third-order valence-corrected chi connectivity index (χ3v) is 4.01. The maximum Gasteiger partial charge on any atom is 0.0644 e. The van der Waals surface area contributed by atoms with E-state index >= 15 is 0 Å². The van der Waals surface area contributed by atoms with E-state index in [0.29, 0.717) is 12.5 Å². The first kappa shape index (κ1) is 13.1. The van der Waals surface area contributed by atoms with Gasteiger partial charge in [-0.3, -0.25) is 0 Å². The van der Waals surface area contributed by atoms with Crippen molar-refractivity contribution in [2.75, 3.05) is 13.2 Å². The summed E-state index contributed by atoms with van der Waals surface area (Å²) in [6, 6.07) is 10.5. The van der Waals surface area contributed by atoms with Crippen molar-refractivity contribution in [2.24, 2.45) is 11.3 Å². The van der Waals surface area contributed by atoms with Gasteiger partial charge in [-0.15, -0.1) is 6.58 Å². The second-order valence-electron chi connectivity index (χ2n) is 5.53. The molecule has 1 unspecified atom stereocenters. The molecule has 1 aliphatic rings. The number of benzene rings is 1. The van der Waals surface area contributed by atoms with Gasteiger partial charge in [0.2, 0.25) is 0 Å². The lowest BCUT2D eigenvalue weighted by Crippen LogP contribution is -2.40. The molecule has 0 bridgehead atoms. The van der Waals surface area contributed by atoms with E-state index in [4.69, 9.17) is 4.74 Å². The summed E-state index contributed by atoms with van der Waals surface area (Å²) in [7, 11) is 0. The highest BCUT2D eigenvalue weighted by Crippen LogP contribution is 2.51. The molecule has 0 spiro atoms. The summed E-state index contributed by atoms with van der Waals surface area (Å²) in [5.74, 6) is 0.632. The molecular weight excluding hydrogens is 220 g/mol. The predicted octanol–water partition coefficient (Wildman–Crippen LogP) is 4.32. The summed E-state index contributed by atoms with van der Waals surface area (Å²) in [4.78, 5) is 0. The fourth-order valence-electron chi connectivity index (χ4n) is 2.47. The van der Waals surface area contributed by atoms with Crippen LogP contribution in [-0.2, 0) is 4.74 Å². The van der Waals surface area contributed by atoms with E-state index < -0.39 is 0 Å². The van der Waals surface area contributed by atoms with Crippen LogP contribution in [0.5, 0.6) is 0 Å². The molecule has 1 fully saturated rings. The smallest absolute Gasteiger partial charge is 0.0644 e. The minimum absolute atomic E-state index is 0.261. The molecule has 1 aliphatic carbocycles. The fraction of sp³-hybridized carbons (Fsp3) is 0.412. The van der Waals surface area contributed by atoms with Crippen molar-refractivity contribution in [3.8, 4) is 0 Å². The quantitative estimate of drug-likeness (QED) is 0.552. The van der Waals surface area contributed by atoms with Crippen molar-refractivity contribution in [2.45, 2.75) is 20.3 Å². The van der Waals surface area contributed by atoms with Gasteiger partial charge in [-0.2, -0.15) is 0 Å². The first-order valence-corrected chi connectivity index (χ1v) is 6.59. The molecule has 2 rings (SSSR count). The van der Waals surface area contributed by atoms with Crippen molar-refractivity contribution in [1.29, 1.82) is 0 Å². The van der Waals surface area contributed by atoms with Crippen molar-refractivity contribution in [3.63, 3.8) is 0 Å². The fourth-order valence-corrected chi connectivity index (χ4v) is 2.47. The molecule has 0 aliphatic heterocycles. The van der Waals surface area contributed by atoms with E-state index in [0.717, 1.165) is 13.0 Å². The first-order chi connectivity index (χ1) is 8.64. The Kier molecular flexibility index (Phi) is 4.03. The van der Waals surface area contributed by atoms with Gasteiger partial charge in [0.15, 0.2) is 0 Å². The number of ether oxygens (including phenoxy) is 1. The molecule has 0 amide bonds. The van der Waals surface area contributed by atoms with Crippen molar-refractivity contribution in [3.05, 3.63) is 54.1 Å². The number of hydrogen-bond acceptors (Lipinski definition) is 1. The van der Waals surface area contributed by atoms with Gasteiger partial charge in [0.1, 0.15) is 0 Å². The van der Waals surface area contributed by atoms with Gasteiger partial charge in [-0.05, 0) is 23.3 Å². The van der Waals surface area contributed by atoms with Crippen LogP contribution < -0.4 is 0 Å². The third kappa shape index (κ3) is 2.73. The molecule has 0 aromatic heterocycles. The maximum absolute atomic E-state index is 5.58. The van der Waals surface area contributed by atoms with Crippen LogP contribution >= 0.6 is 0 Å². The molecule has 96 valence electrons. The third-order valence-electron chi connectivity index (χ3n) is 4.01. The average Bonchev–Trinajstić information content (AvgIpc) is 2.38. The van der Waals surface area contributed by atoms with Crippen molar-refractivity contribution >= 4 is 6.08 Å². The molecule has 1 aromatic rings. The van der Waals surface area contributed by atoms with E-state index in [1.165, 1.54) is 11.1 Å². The van der Waals surface area contributed by atoms with Gasteiger partial charge < -0.3 is 4.74 Å². The molecule has 0 heterocycles. The highest BCUT2D eigenvalue weighted by molar-refractivity contribution is 5.56. The summed E-state index contributed by atoms with van der Waals surface area (Å²) in [6.07, 6.45) is 5.29. The van der Waals surface area contributed by atoms with E-state index in [1.54, 1.807) is 0 Å². The zero-order chi connectivity index (χ0) is 13.0. The molecule has 1 aromatic carbocycles. The molecule has 0 radical (unpaired) electrons. The van der Waals surface area contributed by atoms with Crippen LogP contribution in [0.1, 0.15) is 25.8 Å². The Morgan fingerprint density at radius 3 is 2.67 bits per heavy atom. The Bertz CT molecular complexity index is 428. The summed E-state index contributed by atoms with van der Waals surface area (Å²) < 4.78 is 5.58. The van der Waals surface area contributed by atoms with Crippen LogP contribution in [-0.4, -0.2) is 13.2 Å². The Labute approximate surface area is 110 Å².